The number of aromatic amines is 3. The van der Waals surface area contributed by atoms with E-state index in [0.717, 1.165) is 0 Å². The van der Waals surface area contributed by atoms with Crippen molar-refractivity contribution in [3.63, 3.8) is 0 Å². The number of nitrogens with one attached hydrogen (secondary N) is 3. The van der Waals surface area contributed by atoms with E-state index in [1.165, 1.54) is 0 Å². The molecule has 0 aromatic carbocycles. The van der Waals surface area contributed by atoms with E-state index >= 15 is 0 Å². The van der Waals surface area contributed by atoms with Gasteiger partial charge >= 0.3 is 51.2 Å². The number of aromatic nitrogens is 12. The van der Waals surface area contributed by atoms with E-state index in [9.17, 15) is 0 Å². The summed E-state index contributed by atoms with van der Waals surface area (Å²) in [6.07, 6.45) is 20.2. The second-order valence-corrected chi connectivity index (χ2v) is 6.73. The topological polar surface area (TPSA) is 381 Å². The van der Waals surface area contributed by atoms with E-state index in [1.807, 2.05) is 18.2 Å². The summed E-state index contributed by atoms with van der Waals surface area (Å²) in [4.78, 5) is 0. The van der Waals surface area contributed by atoms with Gasteiger partial charge in [-0.2, -0.15) is 33.9 Å². The van der Waals surface area contributed by atoms with Crippen LogP contribution in [-0.2, 0) is 51.2 Å². The molecule has 0 aliphatic carbocycles. The first-order valence-corrected chi connectivity index (χ1v) is 12.2. The average molecular weight is 812 g/mol. The normalized spacial score (nSPS) is 8.18. The van der Waals surface area contributed by atoms with E-state index in [0.29, 0.717) is 0 Å². The molecule has 6 aromatic heterocycles. The summed E-state index contributed by atoms with van der Waals surface area (Å²) in [6, 6.07) is 10.8. The maximum atomic E-state index is 8.49. The van der Waals surface area contributed by atoms with Gasteiger partial charge in [-0.3, -0.25) is 15.3 Å². The van der Waals surface area contributed by atoms with Gasteiger partial charge in [-0.05, 0) is 18.2 Å². The molecule has 255 valence electrons. The Hall–Kier alpha value is -2.96. The fourth-order valence-corrected chi connectivity index (χ4v) is 1.22. The first-order valence-electron chi connectivity index (χ1n) is 9.70. The van der Waals surface area contributed by atoms with Crippen LogP contribution in [0.15, 0.2) is 111 Å². The van der Waals surface area contributed by atoms with E-state index in [4.69, 9.17) is 37.3 Å². The minimum Gasteiger partial charge on any atom is -0.870 e. The molecule has 26 heteroatoms. The molecule has 44 heavy (non-hydrogen) atoms. The molecule has 0 fully saturated rings. The van der Waals surface area contributed by atoms with E-state index in [2.05, 4.69) is 61.2 Å². The molecule has 0 saturated carbocycles. The Morgan fingerprint density at radius 1 is 0.409 bits per heavy atom. The third-order valence-corrected chi connectivity index (χ3v) is 2.33. The van der Waals surface area contributed by atoms with Crippen LogP contribution >= 0.6 is 0 Å². The van der Waals surface area contributed by atoms with Gasteiger partial charge in [-0.25, -0.2) is 37.3 Å². The van der Waals surface area contributed by atoms with Gasteiger partial charge in [0, 0.05) is 55.8 Å². The largest absolute Gasteiger partial charge is 2.00 e. The van der Waals surface area contributed by atoms with Gasteiger partial charge in [0.05, 0.1) is 0 Å². The van der Waals surface area contributed by atoms with Crippen LogP contribution in [0.3, 0.4) is 0 Å². The monoisotopic (exact) mass is 809 g/mol. The van der Waals surface area contributed by atoms with Crippen molar-refractivity contribution in [2.24, 2.45) is 0 Å². The Labute approximate surface area is 285 Å². The molecule has 0 atom stereocenters. The molecular formula is C18H22Cl2Cu3N12O9. The molecule has 0 aliphatic rings. The fraction of sp³-hybridized carbons (Fsp3) is 0. The zero-order valence-corrected chi connectivity index (χ0v) is 25.6. The van der Waals surface area contributed by atoms with E-state index in [-0.39, 0.29) is 56.7 Å². The first-order chi connectivity index (χ1) is 19.0. The number of rotatable bonds is 0. The molecule has 6 heterocycles. The Morgan fingerprint density at radius 2 is 0.636 bits per heavy atom. The number of halogens is 2. The van der Waals surface area contributed by atoms with Crippen LogP contribution < -0.4 is 52.6 Å². The van der Waals surface area contributed by atoms with Crippen molar-refractivity contribution >= 4 is 0 Å². The molecule has 0 amide bonds. The molecule has 0 saturated heterocycles. The molecule has 21 nitrogen and oxygen atoms in total. The Balaban J connectivity index is -0.0000000926. The smallest absolute Gasteiger partial charge is 0.870 e. The third kappa shape index (κ3) is 77.3. The predicted octanol–water partition coefficient (Wildman–Crippen LogP) is -8.35. The van der Waals surface area contributed by atoms with Crippen molar-refractivity contribution in [3.8, 4) is 0 Å². The van der Waals surface area contributed by atoms with E-state index < -0.39 is 20.5 Å². The molecule has 6 rings (SSSR count). The Bertz CT molecular complexity index is 775. The molecule has 6 aromatic rings. The molecule has 0 bridgehead atoms. The molecule has 0 aliphatic heterocycles. The van der Waals surface area contributed by atoms with Gasteiger partial charge in [-0.15, -0.1) is 20.5 Å². The van der Waals surface area contributed by atoms with E-state index in [1.54, 1.807) is 92.6 Å². The van der Waals surface area contributed by atoms with Crippen LogP contribution in [0.5, 0.6) is 0 Å². The fourth-order valence-electron chi connectivity index (χ4n) is 1.22. The van der Waals surface area contributed by atoms with Crippen molar-refractivity contribution in [3.05, 3.63) is 111 Å². The number of nitrogens with zero attached hydrogens (tertiary/aromatic N) is 9. The van der Waals surface area contributed by atoms with Gasteiger partial charge in [0.25, 0.3) is 0 Å². The standard InChI is InChI=1S/3C3H4N2.3C3H3N2.2ClHO4.3Cu.H2O/c6*1-2-4-5-3-1;2*2-1(3,4)5;;;;/h3*1-3H,(H,4,5);3*1-3H;2*(H,2,3,4,5);;;;1H2/q;;;3*-1;;;3*+2;/p-3. The van der Waals surface area contributed by atoms with Gasteiger partial charge in [0.15, 0.2) is 0 Å². The van der Waals surface area contributed by atoms with Crippen LogP contribution in [0.4, 0.5) is 0 Å². The summed E-state index contributed by atoms with van der Waals surface area (Å²) >= 11 is 0. The second-order valence-electron chi connectivity index (χ2n) is 5.22. The zero-order chi connectivity index (χ0) is 30.2. The first kappa shape index (κ1) is 53.6. The molecule has 3 radical (unpaired) electrons. The van der Waals surface area contributed by atoms with Gasteiger partial charge in [0.2, 0.25) is 0 Å². The van der Waals surface area contributed by atoms with Crippen LogP contribution in [0.2, 0.25) is 0 Å². The number of H-pyrrole nitrogens is 3. The number of hydrogen-bond donors (Lipinski definition) is 3. The summed E-state index contributed by atoms with van der Waals surface area (Å²) in [7, 11) is -9.89. The molecule has 0 spiro atoms. The second kappa shape index (κ2) is 40.0. The predicted molar refractivity (Wildman–Crippen MR) is 110 cm³/mol. The minimum absolute atomic E-state index is 0. The molecule has 0 unspecified atom stereocenters. The van der Waals surface area contributed by atoms with Gasteiger partial charge in [-0.1, -0.05) is 18.2 Å². The van der Waals surface area contributed by atoms with Gasteiger partial charge < -0.3 is 36.1 Å². The van der Waals surface area contributed by atoms with Crippen LogP contribution in [-0.4, -0.2) is 51.4 Å². The third-order valence-electron chi connectivity index (χ3n) is 2.33. The summed E-state index contributed by atoms with van der Waals surface area (Å²) < 4.78 is 67.9. The SMILES string of the molecule is [Cu+2].[Cu+2].[Cu+2].[O-][Cl+3]([O-])([O-])[O-].[O-][Cl+3]([O-])([O-])[O-].[OH-].c1cn[n-]c1.c1cn[n-]c1.c1cn[n-]c1.c1cn[nH]c1.c1cn[nH]c1.c1cn[nH]c1. The Kier molecular flexibility index (Phi) is 48.8. The van der Waals surface area contributed by atoms with Gasteiger partial charge in [0.1, 0.15) is 0 Å². The Morgan fingerprint density at radius 3 is 0.682 bits per heavy atom. The van der Waals surface area contributed by atoms with Crippen molar-refractivity contribution in [2.45, 2.75) is 0 Å². The zero-order valence-electron chi connectivity index (χ0n) is 21.3. The van der Waals surface area contributed by atoms with Crippen molar-refractivity contribution < 1.29 is 114 Å². The summed E-state index contributed by atoms with van der Waals surface area (Å²) in [5.74, 6) is 0. The summed E-state index contributed by atoms with van der Waals surface area (Å²) in [5, 5.41) is 39.5. The van der Waals surface area contributed by atoms with Crippen LogP contribution in [0.1, 0.15) is 0 Å². The summed E-state index contributed by atoms with van der Waals surface area (Å²) in [6.45, 7) is 0. The van der Waals surface area contributed by atoms with Crippen molar-refractivity contribution in [2.75, 3.05) is 0 Å². The molecule has 4 N–H and O–H groups in total. The minimum atomic E-state index is -4.94. The summed E-state index contributed by atoms with van der Waals surface area (Å²) in [5.41, 5.74) is 0. The quantitative estimate of drug-likeness (QED) is 0.120. The molecular weight excluding hydrogens is 790 g/mol. The van der Waals surface area contributed by atoms with Crippen molar-refractivity contribution in [1.82, 2.24) is 61.2 Å². The maximum absolute atomic E-state index is 8.49. The average Bonchev–Trinajstić information content (AvgIpc) is 3.81. The van der Waals surface area contributed by atoms with Crippen LogP contribution in [0, 0.1) is 20.5 Å². The van der Waals surface area contributed by atoms with Crippen LogP contribution in [0.25, 0.3) is 0 Å². The number of hydrogen-bond acceptors (Lipinski definition) is 15. The van der Waals surface area contributed by atoms with Crippen molar-refractivity contribution in [1.29, 1.82) is 0 Å². The maximum Gasteiger partial charge on any atom is 2.00 e.